The Kier molecular flexibility index (Phi) is 6.07. The molecule has 1 saturated heterocycles. The predicted molar refractivity (Wildman–Crippen MR) is 64.3 cm³/mol. The molecule has 1 heterocycles. The van der Waals surface area contributed by atoms with Crippen LogP contribution < -0.4 is 0 Å². The maximum Gasteiger partial charge on any atom is 0.326 e. The van der Waals surface area contributed by atoms with Gasteiger partial charge in [0.2, 0.25) is 5.91 Å². The van der Waals surface area contributed by atoms with Gasteiger partial charge in [-0.3, -0.25) is 4.79 Å². The lowest BCUT2D eigenvalue weighted by Crippen LogP contribution is -2.40. The van der Waals surface area contributed by atoms with Gasteiger partial charge in [0.15, 0.2) is 0 Å². The second-order valence-corrected chi connectivity index (χ2v) is 4.45. The summed E-state index contributed by atoms with van der Waals surface area (Å²) in [6.45, 7) is 3.23. The molecule has 0 aromatic rings. The Bertz CT molecular complexity index is 288. The van der Waals surface area contributed by atoms with Crippen molar-refractivity contribution in [1.29, 1.82) is 0 Å². The van der Waals surface area contributed by atoms with E-state index in [-0.39, 0.29) is 18.4 Å². The first kappa shape index (κ1) is 14.9. The number of ether oxygens (including phenoxy) is 2. The molecule has 18 heavy (non-hydrogen) atoms. The summed E-state index contributed by atoms with van der Waals surface area (Å²) < 4.78 is 10.8. The fourth-order valence-corrected chi connectivity index (χ4v) is 1.71. The molecule has 1 rings (SSSR count). The molecule has 1 N–H and O–H groups in total. The first-order valence-electron chi connectivity index (χ1n) is 6.20. The minimum absolute atomic E-state index is 0.161. The van der Waals surface area contributed by atoms with E-state index in [1.807, 2.05) is 0 Å². The number of hydrogen-bond donors (Lipinski definition) is 1. The Morgan fingerprint density at radius 3 is 2.61 bits per heavy atom. The van der Waals surface area contributed by atoms with Crippen LogP contribution >= 0.6 is 0 Å². The van der Waals surface area contributed by atoms with Crippen molar-refractivity contribution in [2.45, 2.75) is 38.3 Å². The molecule has 1 aliphatic rings. The number of carbonyl (C=O) groups is 2. The van der Waals surface area contributed by atoms with Crippen molar-refractivity contribution in [3.63, 3.8) is 0 Å². The van der Waals surface area contributed by atoms with Crippen molar-refractivity contribution < 1.29 is 24.2 Å². The van der Waals surface area contributed by atoms with Crippen molar-refractivity contribution in [1.82, 2.24) is 4.90 Å². The standard InChI is InChI=1S/C12H21NO5/c1-9(12(15)16)13(2)11(14)5-8-18-10-3-6-17-7-4-10/h9-10H,3-8H2,1-2H3,(H,15,16). The first-order valence-corrected chi connectivity index (χ1v) is 6.20. The molecule has 1 atom stereocenters. The van der Waals surface area contributed by atoms with E-state index in [2.05, 4.69) is 0 Å². The van der Waals surface area contributed by atoms with Crippen molar-refractivity contribution in [3.05, 3.63) is 0 Å². The van der Waals surface area contributed by atoms with Gasteiger partial charge in [0.05, 0.1) is 19.1 Å². The summed E-state index contributed by atoms with van der Waals surface area (Å²) in [6.07, 6.45) is 2.09. The Morgan fingerprint density at radius 1 is 1.44 bits per heavy atom. The van der Waals surface area contributed by atoms with Gasteiger partial charge in [-0.05, 0) is 19.8 Å². The molecule has 1 fully saturated rings. The van der Waals surface area contributed by atoms with Gasteiger partial charge in [0.1, 0.15) is 6.04 Å². The highest BCUT2D eigenvalue weighted by Crippen LogP contribution is 2.11. The number of hydrogen-bond acceptors (Lipinski definition) is 4. The second kappa shape index (κ2) is 7.33. The lowest BCUT2D eigenvalue weighted by Gasteiger charge is -2.24. The normalized spacial score (nSPS) is 18.3. The zero-order valence-corrected chi connectivity index (χ0v) is 10.9. The third-order valence-electron chi connectivity index (χ3n) is 3.17. The number of rotatable bonds is 6. The third-order valence-corrected chi connectivity index (χ3v) is 3.17. The number of carbonyl (C=O) groups excluding carboxylic acids is 1. The molecular weight excluding hydrogens is 238 g/mol. The van der Waals surface area contributed by atoms with Crippen LogP contribution in [0, 0.1) is 0 Å². The highest BCUT2D eigenvalue weighted by Gasteiger charge is 2.21. The highest BCUT2D eigenvalue weighted by molar-refractivity contribution is 5.83. The molecule has 6 nitrogen and oxygen atoms in total. The van der Waals surface area contributed by atoms with Gasteiger partial charge in [0.25, 0.3) is 0 Å². The number of carboxylic acids is 1. The molecule has 0 saturated carbocycles. The van der Waals surface area contributed by atoms with E-state index in [9.17, 15) is 9.59 Å². The molecule has 6 heteroatoms. The number of nitrogens with zero attached hydrogens (tertiary/aromatic N) is 1. The smallest absolute Gasteiger partial charge is 0.326 e. The summed E-state index contributed by atoms with van der Waals surface area (Å²) in [5.41, 5.74) is 0. The minimum atomic E-state index is -1.00. The highest BCUT2D eigenvalue weighted by atomic mass is 16.5. The zero-order chi connectivity index (χ0) is 13.5. The van der Waals surface area contributed by atoms with Crippen LogP contribution in [0.5, 0.6) is 0 Å². The van der Waals surface area contributed by atoms with Crippen molar-refractivity contribution >= 4 is 11.9 Å². The van der Waals surface area contributed by atoms with Crippen LogP contribution in [0.4, 0.5) is 0 Å². The number of aliphatic carboxylic acids is 1. The lowest BCUT2D eigenvalue weighted by molar-refractivity contribution is -0.149. The maximum absolute atomic E-state index is 11.7. The molecule has 0 radical (unpaired) electrons. The Hall–Kier alpha value is -1.14. The molecule has 104 valence electrons. The van der Waals surface area contributed by atoms with E-state index < -0.39 is 12.0 Å². The second-order valence-electron chi connectivity index (χ2n) is 4.45. The van der Waals surface area contributed by atoms with Crippen LogP contribution in [0.1, 0.15) is 26.2 Å². The van der Waals surface area contributed by atoms with Crippen molar-refractivity contribution in [2.75, 3.05) is 26.9 Å². The summed E-state index contributed by atoms with van der Waals surface area (Å²) >= 11 is 0. The molecule has 0 aromatic carbocycles. The van der Waals surface area contributed by atoms with E-state index >= 15 is 0 Å². The lowest BCUT2D eigenvalue weighted by atomic mass is 10.1. The molecular formula is C12H21NO5. The Labute approximate surface area is 107 Å². The zero-order valence-electron chi connectivity index (χ0n) is 10.9. The maximum atomic E-state index is 11.7. The van der Waals surface area contributed by atoms with E-state index in [0.717, 1.165) is 12.8 Å². The van der Waals surface area contributed by atoms with Crippen LogP contribution in [0.2, 0.25) is 0 Å². The molecule has 1 aliphatic heterocycles. The molecule has 1 unspecified atom stereocenters. The van der Waals surface area contributed by atoms with E-state index in [4.69, 9.17) is 14.6 Å². The average molecular weight is 259 g/mol. The number of amides is 1. The average Bonchev–Trinajstić information content (AvgIpc) is 2.38. The summed E-state index contributed by atoms with van der Waals surface area (Å²) in [5.74, 6) is -1.21. The van der Waals surface area contributed by atoms with E-state index in [1.165, 1.54) is 18.9 Å². The molecule has 0 aromatic heterocycles. The van der Waals surface area contributed by atoms with Crippen LogP contribution in [-0.2, 0) is 19.1 Å². The Balaban J connectivity index is 2.21. The summed E-state index contributed by atoms with van der Waals surface area (Å²) in [7, 11) is 1.50. The van der Waals surface area contributed by atoms with Crippen molar-refractivity contribution in [2.24, 2.45) is 0 Å². The van der Waals surface area contributed by atoms with E-state index in [0.29, 0.717) is 19.8 Å². The minimum Gasteiger partial charge on any atom is -0.480 e. The van der Waals surface area contributed by atoms with Gasteiger partial charge in [-0.1, -0.05) is 0 Å². The number of carboxylic acid groups (broad SMARTS) is 1. The number of likely N-dealkylation sites (N-methyl/N-ethyl adjacent to an activating group) is 1. The fraction of sp³-hybridized carbons (Fsp3) is 0.833. The van der Waals surface area contributed by atoms with Gasteiger partial charge in [-0.2, -0.15) is 0 Å². The molecule has 0 bridgehead atoms. The van der Waals surface area contributed by atoms with Crippen molar-refractivity contribution in [3.8, 4) is 0 Å². The topological polar surface area (TPSA) is 76.1 Å². The largest absolute Gasteiger partial charge is 0.480 e. The summed E-state index contributed by atoms with van der Waals surface area (Å²) in [5, 5.41) is 8.79. The quantitative estimate of drug-likeness (QED) is 0.752. The van der Waals surface area contributed by atoms with Crippen LogP contribution in [-0.4, -0.2) is 60.9 Å². The Morgan fingerprint density at radius 2 is 2.06 bits per heavy atom. The fourth-order valence-electron chi connectivity index (χ4n) is 1.71. The van der Waals surface area contributed by atoms with Crippen LogP contribution in [0.15, 0.2) is 0 Å². The summed E-state index contributed by atoms with van der Waals surface area (Å²) in [4.78, 5) is 23.6. The predicted octanol–water partition coefficient (Wildman–Crippen LogP) is 0.504. The first-order chi connectivity index (χ1) is 8.52. The molecule has 1 amide bonds. The van der Waals surface area contributed by atoms with Gasteiger partial charge in [0, 0.05) is 20.3 Å². The molecule has 0 spiro atoms. The van der Waals surface area contributed by atoms with Gasteiger partial charge >= 0.3 is 5.97 Å². The van der Waals surface area contributed by atoms with Gasteiger partial charge < -0.3 is 19.5 Å². The van der Waals surface area contributed by atoms with Gasteiger partial charge in [-0.15, -0.1) is 0 Å². The molecule has 0 aliphatic carbocycles. The van der Waals surface area contributed by atoms with Crippen LogP contribution in [0.25, 0.3) is 0 Å². The van der Waals surface area contributed by atoms with Gasteiger partial charge in [-0.25, -0.2) is 4.79 Å². The van der Waals surface area contributed by atoms with E-state index in [1.54, 1.807) is 0 Å². The monoisotopic (exact) mass is 259 g/mol. The SMILES string of the molecule is CC(C(=O)O)N(C)C(=O)CCOC1CCOCC1. The van der Waals surface area contributed by atoms with Crippen LogP contribution in [0.3, 0.4) is 0 Å². The summed E-state index contributed by atoms with van der Waals surface area (Å²) in [6, 6.07) is -0.805. The third kappa shape index (κ3) is 4.62.